The first kappa shape index (κ1) is 13.4. The zero-order chi connectivity index (χ0) is 13.1. The third kappa shape index (κ3) is 3.75. The zero-order valence-electron chi connectivity index (χ0n) is 10.3. The van der Waals surface area contributed by atoms with E-state index in [4.69, 9.17) is 0 Å². The van der Waals surface area contributed by atoms with E-state index in [-0.39, 0.29) is 25.7 Å². The minimum absolute atomic E-state index is 0.168. The van der Waals surface area contributed by atoms with Crippen LogP contribution in [0.4, 0.5) is 8.78 Å². The van der Waals surface area contributed by atoms with Crippen LogP contribution in [0.2, 0.25) is 0 Å². The van der Waals surface area contributed by atoms with E-state index >= 15 is 0 Å². The molecule has 0 bridgehead atoms. The molecule has 0 saturated heterocycles. The fraction of sp³-hybridized carbons (Fsp3) is 0.571. The fourth-order valence-corrected chi connectivity index (χ4v) is 2.29. The molecule has 0 unspecified atom stereocenters. The molecule has 0 amide bonds. The first-order valence-corrected chi connectivity index (χ1v) is 6.34. The molecule has 1 fully saturated rings. The van der Waals surface area contributed by atoms with E-state index in [1.807, 2.05) is 30.3 Å². The first-order chi connectivity index (χ1) is 8.49. The van der Waals surface area contributed by atoms with Gasteiger partial charge in [0.1, 0.15) is 0 Å². The fourth-order valence-electron chi connectivity index (χ4n) is 2.29. The number of rotatable bonds is 4. The minimum Gasteiger partial charge on any atom is -0.389 e. The first-order valence-electron chi connectivity index (χ1n) is 6.34. The van der Waals surface area contributed by atoms with Gasteiger partial charge in [0, 0.05) is 25.9 Å². The van der Waals surface area contributed by atoms with Crippen molar-refractivity contribution in [2.75, 3.05) is 6.54 Å². The number of aliphatic hydroxyl groups is 1. The van der Waals surface area contributed by atoms with Gasteiger partial charge in [-0.05, 0) is 18.4 Å². The van der Waals surface area contributed by atoms with E-state index in [0.29, 0.717) is 13.1 Å². The number of nitrogens with one attached hydrogen (secondary N) is 1. The Balaban J connectivity index is 1.77. The van der Waals surface area contributed by atoms with E-state index in [1.165, 1.54) is 0 Å². The lowest BCUT2D eigenvalue weighted by atomic mass is 9.83. The molecule has 2 rings (SSSR count). The third-order valence-corrected chi connectivity index (χ3v) is 3.54. The summed E-state index contributed by atoms with van der Waals surface area (Å²) in [6, 6.07) is 9.83. The monoisotopic (exact) mass is 255 g/mol. The summed E-state index contributed by atoms with van der Waals surface area (Å²) < 4.78 is 26.0. The van der Waals surface area contributed by atoms with E-state index < -0.39 is 11.5 Å². The van der Waals surface area contributed by atoms with Gasteiger partial charge < -0.3 is 10.4 Å². The van der Waals surface area contributed by atoms with Gasteiger partial charge in [-0.15, -0.1) is 0 Å². The highest BCUT2D eigenvalue weighted by molar-refractivity contribution is 5.14. The maximum atomic E-state index is 13.0. The smallest absolute Gasteiger partial charge is 0.248 e. The molecule has 4 heteroatoms. The SMILES string of the molecule is OC1(CNCc2ccccc2)CCC(F)(F)CC1. The number of benzene rings is 1. The van der Waals surface area contributed by atoms with Gasteiger partial charge in [-0.1, -0.05) is 30.3 Å². The van der Waals surface area contributed by atoms with Crippen LogP contribution in [-0.4, -0.2) is 23.2 Å². The van der Waals surface area contributed by atoms with Gasteiger partial charge in [0.2, 0.25) is 5.92 Å². The van der Waals surface area contributed by atoms with E-state index in [1.54, 1.807) is 0 Å². The molecule has 0 heterocycles. The second-order valence-corrected chi connectivity index (χ2v) is 5.17. The summed E-state index contributed by atoms with van der Waals surface area (Å²) in [6.07, 6.45) is -0.0867. The molecule has 2 nitrogen and oxygen atoms in total. The van der Waals surface area contributed by atoms with Crippen molar-refractivity contribution in [1.29, 1.82) is 0 Å². The second-order valence-electron chi connectivity index (χ2n) is 5.17. The predicted octanol–water partition coefficient (Wildman–Crippen LogP) is 2.72. The third-order valence-electron chi connectivity index (χ3n) is 3.54. The molecule has 0 atom stereocenters. The molecule has 0 aromatic heterocycles. The lowest BCUT2D eigenvalue weighted by Gasteiger charge is -2.36. The summed E-state index contributed by atoms with van der Waals surface area (Å²) in [5.74, 6) is -2.59. The predicted molar refractivity (Wildman–Crippen MR) is 66.5 cm³/mol. The van der Waals surface area contributed by atoms with Gasteiger partial charge in [0.25, 0.3) is 0 Å². The molecular formula is C14H19F2NO. The highest BCUT2D eigenvalue weighted by atomic mass is 19.3. The summed E-state index contributed by atoms with van der Waals surface area (Å²) in [5.41, 5.74) is 0.151. The van der Waals surface area contributed by atoms with E-state index in [0.717, 1.165) is 5.56 Å². The Bertz CT molecular complexity index is 371. The van der Waals surface area contributed by atoms with Crippen molar-refractivity contribution >= 4 is 0 Å². The molecule has 1 saturated carbocycles. The largest absolute Gasteiger partial charge is 0.389 e. The Morgan fingerprint density at radius 1 is 1.06 bits per heavy atom. The van der Waals surface area contributed by atoms with Gasteiger partial charge >= 0.3 is 0 Å². The Morgan fingerprint density at radius 2 is 1.67 bits per heavy atom. The van der Waals surface area contributed by atoms with Crippen molar-refractivity contribution in [1.82, 2.24) is 5.32 Å². The van der Waals surface area contributed by atoms with Crippen LogP contribution in [-0.2, 0) is 6.54 Å². The van der Waals surface area contributed by atoms with Crippen LogP contribution in [0.5, 0.6) is 0 Å². The van der Waals surface area contributed by atoms with Crippen LogP contribution in [0.1, 0.15) is 31.2 Å². The molecule has 1 aliphatic carbocycles. The van der Waals surface area contributed by atoms with Gasteiger partial charge in [-0.25, -0.2) is 8.78 Å². The standard InChI is InChI=1S/C14H19F2NO/c15-14(16)8-6-13(18,7-9-14)11-17-10-12-4-2-1-3-5-12/h1-5,17-18H,6-11H2. The Morgan fingerprint density at radius 3 is 2.28 bits per heavy atom. The second kappa shape index (κ2) is 5.33. The van der Waals surface area contributed by atoms with Gasteiger partial charge in [0.05, 0.1) is 5.60 Å². The molecular weight excluding hydrogens is 236 g/mol. The topological polar surface area (TPSA) is 32.3 Å². The summed E-state index contributed by atoms with van der Waals surface area (Å²) in [5, 5.41) is 13.3. The highest BCUT2D eigenvalue weighted by Gasteiger charge is 2.41. The molecule has 2 N–H and O–H groups in total. The summed E-state index contributed by atoms with van der Waals surface area (Å²) in [4.78, 5) is 0. The maximum absolute atomic E-state index is 13.0. The summed E-state index contributed by atoms with van der Waals surface area (Å²) in [7, 11) is 0. The van der Waals surface area contributed by atoms with Crippen molar-refractivity contribution in [2.24, 2.45) is 0 Å². The Labute approximate surface area is 106 Å². The van der Waals surface area contributed by atoms with Crippen LogP contribution in [0, 0.1) is 0 Å². The Hall–Kier alpha value is -1.00. The van der Waals surface area contributed by atoms with Crippen LogP contribution in [0.3, 0.4) is 0 Å². The number of alkyl halides is 2. The summed E-state index contributed by atoms with van der Waals surface area (Å²) >= 11 is 0. The van der Waals surface area contributed by atoms with Gasteiger partial charge in [0.15, 0.2) is 0 Å². The average Bonchev–Trinajstić information content (AvgIpc) is 2.35. The van der Waals surface area contributed by atoms with Crippen molar-refractivity contribution < 1.29 is 13.9 Å². The van der Waals surface area contributed by atoms with Crippen LogP contribution in [0.15, 0.2) is 30.3 Å². The average molecular weight is 255 g/mol. The zero-order valence-corrected chi connectivity index (χ0v) is 10.3. The lowest BCUT2D eigenvalue weighted by molar-refractivity contribution is -0.102. The molecule has 1 aromatic carbocycles. The molecule has 100 valence electrons. The molecule has 0 aliphatic heterocycles. The molecule has 0 radical (unpaired) electrons. The Kier molecular flexibility index (Phi) is 3.97. The number of hydrogen-bond acceptors (Lipinski definition) is 2. The van der Waals surface area contributed by atoms with Crippen molar-refractivity contribution in [3.63, 3.8) is 0 Å². The van der Waals surface area contributed by atoms with Gasteiger partial charge in [-0.2, -0.15) is 0 Å². The van der Waals surface area contributed by atoms with Gasteiger partial charge in [-0.3, -0.25) is 0 Å². The van der Waals surface area contributed by atoms with Crippen molar-refractivity contribution in [3.05, 3.63) is 35.9 Å². The lowest BCUT2D eigenvalue weighted by Crippen LogP contribution is -2.45. The maximum Gasteiger partial charge on any atom is 0.248 e. The van der Waals surface area contributed by atoms with Crippen LogP contribution < -0.4 is 5.32 Å². The van der Waals surface area contributed by atoms with E-state index in [2.05, 4.69) is 5.32 Å². The number of hydrogen-bond donors (Lipinski definition) is 2. The molecule has 0 spiro atoms. The molecule has 1 aromatic rings. The van der Waals surface area contributed by atoms with Crippen molar-refractivity contribution in [2.45, 2.75) is 43.8 Å². The highest BCUT2D eigenvalue weighted by Crippen LogP contribution is 2.38. The summed E-state index contributed by atoms with van der Waals surface area (Å²) in [6.45, 7) is 1.03. The molecule has 18 heavy (non-hydrogen) atoms. The number of halogens is 2. The van der Waals surface area contributed by atoms with E-state index in [9.17, 15) is 13.9 Å². The van der Waals surface area contributed by atoms with Crippen LogP contribution in [0.25, 0.3) is 0 Å². The molecule has 1 aliphatic rings. The van der Waals surface area contributed by atoms with Crippen molar-refractivity contribution in [3.8, 4) is 0 Å². The minimum atomic E-state index is -2.59. The quantitative estimate of drug-likeness (QED) is 0.867. The normalized spacial score (nSPS) is 21.7. The van der Waals surface area contributed by atoms with Crippen LogP contribution >= 0.6 is 0 Å².